The van der Waals surface area contributed by atoms with Gasteiger partial charge >= 0.3 is 0 Å². The molecule has 0 aromatic heterocycles. The molecule has 76 valence electrons. The van der Waals surface area contributed by atoms with Crippen LogP contribution in [0.15, 0.2) is 43.0 Å². The number of hydrogen-bond donors (Lipinski definition) is 0. The number of benzene rings is 1. The van der Waals surface area contributed by atoms with Crippen LogP contribution in [0.1, 0.15) is 24.5 Å². The minimum absolute atomic E-state index is 0.428. The van der Waals surface area contributed by atoms with Crippen molar-refractivity contribution < 1.29 is 0 Å². The number of hydrogen-bond acceptors (Lipinski definition) is 1. The molecule has 0 unspecified atom stereocenters. The smallest absolute Gasteiger partial charge is 0.0669 e. The first kappa shape index (κ1) is 11.3. The van der Waals surface area contributed by atoms with Crippen molar-refractivity contribution in [2.45, 2.75) is 19.8 Å². The van der Waals surface area contributed by atoms with Gasteiger partial charge in [-0.05, 0) is 23.1 Å². The fraction of sp³-hybridized carbons (Fsp3) is 0.214. The topological polar surface area (TPSA) is 23.8 Å². The molecular weight excluding hydrogens is 182 g/mol. The lowest BCUT2D eigenvalue weighted by Crippen LogP contribution is -1.85. The van der Waals surface area contributed by atoms with Gasteiger partial charge in [0, 0.05) is 0 Å². The first-order chi connectivity index (χ1) is 7.31. The molecular formula is C14H15N. The third-order valence-electron chi connectivity index (χ3n) is 2.32. The molecule has 0 aliphatic carbocycles. The van der Waals surface area contributed by atoms with Gasteiger partial charge in [0.25, 0.3) is 0 Å². The van der Waals surface area contributed by atoms with Crippen LogP contribution < -0.4 is 0 Å². The molecule has 0 amide bonds. The largest absolute Gasteiger partial charge is 0.198 e. The van der Waals surface area contributed by atoms with Crippen LogP contribution >= 0.6 is 0 Å². The van der Waals surface area contributed by atoms with Crippen LogP contribution in [0, 0.1) is 11.3 Å². The Balaban J connectivity index is 2.97. The van der Waals surface area contributed by atoms with Gasteiger partial charge in [-0.2, -0.15) is 5.26 Å². The van der Waals surface area contributed by atoms with E-state index in [-0.39, 0.29) is 0 Å². The summed E-state index contributed by atoms with van der Waals surface area (Å²) in [5.41, 5.74) is 3.44. The van der Waals surface area contributed by atoms with Gasteiger partial charge in [-0.3, -0.25) is 0 Å². The lowest BCUT2D eigenvalue weighted by Gasteiger charge is -2.03. The standard InChI is InChI=1S/C14H15N/c1-3-5-13(10-11-15)14-8-6-12(4-2)7-9-14/h3,5-9H,1,4,10H2,2H3/b13-5+. The maximum absolute atomic E-state index is 8.70. The molecule has 0 fully saturated rings. The summed E-state index contributed by atoms with van der Waals surface area (Å²) in [7, 11) is 0. The van der Waals surface area contributed by atoms with Gasteiger partial charge in [-0.15, -0.1) is 0 Å². The number of rotatable bonds is 4. The predicted octanol–water partition coefficient (Wildman–Crippen LogP) is 3.73. The Kier molecular flexibility index (Phi) is 4.37. The van der Waals surface area contributed by atoms with Crippen LogP contribution in [-0.2, 0) is 6.42 Å². The molecule has 1 aromatic rings. The first-order valence-electron chi connectivity index (χ1n) is 5.09. The molecule has 1 heteroatoms. The second kappa shape index (κ2) is 5.82. The number of aryl methyl sites for hydroxylation is 1. The normalized spacial score (nSPS) is 10.8. The molecule has 0 spiro atoms. The third kappa shape index (κ3) is 3.11. The maximum Gasteiger partial charge on any atom is 0.0669 e. The summed E-state index contributed by atoms with van der Waals surface area (Å²) in [6.45, 7) is 5.79. The summed E-state index contributed by atoms with van der Waals surface area (Å²) in [5.74, 6) is 0. The second-order valence-corrected chi connectivity index (χ2v) is 3.31. The molecule has 0 radical (unpaired) electrons. The summed E-state index contributed by atoms with van der Waals surface area (Å²) in [6.07, 6.45) is 5.08. The number of nitrogens with zero attached hydrogens (tertiary/aromatic N) is 1. The second-order valence-electron chi connectivity index (χ2n) is 3.31. The summed E-state index contributed by atoms with van der Waals surface area (Å²) in [6, 6.07) is 10.5. The van der Waals surface area contributed by atoms with E-state index >= 15 is 0 Å². The van der Waals surface area contributed by atoms with Gasteiger partial charge in [0.05, 0.1) is 12.5 Å². The number of nitriles is 1. The lowest BCUT2D eigenvalue weighted by atomic mass is 10.0. The molecule has 0 aliphatic heterocycles. The quantitative estimate of drug-likeness (QED) is 0.675. The third-order valence-corrected chi connectivity index (χ3v) is 2.32. The van der Waals surface area contributed by atoms with E-state index in [0.717, 1.165) is 17.6 Å². The van der Waals surface area contributed by atoms with E-state index in [2.05, 4.69) is 43.8 Å². The van der Waals surface area contributed by atoms with Gasteiger partial charge in [0.1, 0.15) is 0 Å². The molecule has 0 N–H and O–H groups in total. The molecule has 0 saturated heterocycles. The van der Waals surface area contributed by atoms with Crippen molar-refractivity contribution in [1.82, 2.24) is 0 Å². The highest BCUT2D eigenvalue weighted by molar-refractivity contribution is 5.68. The predicted molar refractivity (Wildman–Crippen MR) is 64.2 cm³/mol. The van der Waals surface area contributed by atoms with Gasteiger partial charge in [-0.25, -0.2) is 0 Å². The van der Waals surface area contributed by atoms with E-state index in [1.54, 1.807) is 6.08 Å². The Labute approximate surface area is 91.4 Å². The fourth-order valence-electron chi connectivity index (χ4n) is 1.44. The van der Waals surface area contributed by atoms with E-state index in [1.165, 1.54) is 5.56 Å². The zero-order valence-corrected chi connectivity index (χ0v) is 9.03. The lowest BCUT2D eigenvalue weighted by molar-refractivity contribution is 1.14. The molecule has 0 atom stereocenters. The summed E-state index contributed by atoms with van der Waals surface area (Å²) < 4.78 is 0. The first-order valence-corrected chi connectivity index (χ1v) is 5.09. The fourth-order valence-corrected chi connectivity index (χ4v) is 1.44. The highest BCUT2D eigenvalue weighted by Crippen LogP contribution is 2.18. The molecule has 1 nitrogen and oxygen atoms in total. The highest BCUT2D eigenvalue weighted by atomic mass is 14.2. The summed E-state index contributed by atoms with van der Waals surface area (Å²) >= 11 is 0. The summed E-state index contributed by atoms with van der Waals surface area (Å²) in [4.78, 5) is 0. The van der Waals surface area contributed by atoms with Crippen molar-refractivity contribution in [3.63, 3.8) is 0 Å². The Morgan fingerprint density at radius 3 is 2.53 bits per heavy atom. The van der Waals surface area contributed by atoms with E-state index in [9.17, 15) is 0 Å². The van der Waals surface area contributed by atoms with Crippen molar-refractivity contribution in [3.05, 3.63) is 54.1 Å². The van der Waals surface area contributed by atoms with Gasteiger partial charge < -0.3 is 0 Å². The average Bonchev–Trinajstić information content (AvgIpc) is 2.29. The monoisotopic (exact) mass is 197 g/mol. The Hall–Kier alpha value is -1.81. The van der Waals surface area contributed by atoms with E-state index < -0.39 is 0 Å². The van der Waals surface area contributed by atoms with Crippen LogP contribution in [-0.4, -0.2) is 0 Å². The van der Waals surface area contributed by atoms with Crippen molar-refractivity contribution in [1.29, 1.82) is 5.26 Å². The van der Waals surface area contributed by atoms with Gasteiger partial charge in [-0.1, -0.05) is 49.9 Å². The van der Waals surface area contributed by atoms with Crippen molar-refractivity contribution in [3.8, 4) is 6.07 Å². The molecule has 1 rings (SSSR count). The zero-order chi connectivity index (χ0) is 11.1. The van der Waals surface area contributed by atoms with Crippen LogP contribution in [0.25, 0.3) is 5.57 Å². The maximum atomic E-state index is 8.70. The molecule has 15 heavy (non-hydrogen) atoms. The molecule has 0 heterocycles. The van der Waals surface area contributed by atoms with Crippen LogP contribution in [0.5, 0.6) is 0 Å². The van der Waals surface area contributed by atoms with Crippen LogP contribution in [0.4, 0.5) is 0 Å². The minimum atomic E-state index is 0.428. The molecule has 1 aromatic carbocycles. The minimum Gasteiger partial charge on any atom is -0.198 e. The van der Waals surface area contributed by atoms with Crippen molar-refractivity contribution in [2.24, 2.45) is 0 Å². The number of allylic oxidation sites excluding steroid dienone is 3. The Morgan fingerprint density at radius 1 is 1.40 bits per heavy atom. The van der Waals surface area contributed by atoms with Crippen LogP contribution in [0.3, 0.4) is 0 Å². The molecule has 0 saturated carbocycles. The van der Waals surface area contributed by atoms with Crippen molar-refractivity contribution >= 4 is 5.57 Å². The van der Waals surface area contributed by atoms with Crippen molar-refractivity contribution in [2.75, 3.05) is 0 Å². The average molecular weight is 197 g/mol. The van der Waals surface area contributed by atoms with Gasteiger partial charge in [0.2, 0.25) is 0 Å². The van der Waals surface area contributed by atoms with Crippen LogP contribution in [0.2, 0.25) is 0 Å². The highest BCUT2D eigenvalue weighted by Gasteiger charge is 1.99. The SMILES string of the molecule is C=C/C=C(\CC#N)c1ccc(CC)cc1. The molecule has 0 bridgehead atoms. The van der Waals surface area contributed by atoms with Gasteiger partial charge in [0.15, 0.2) is 0 Å². The van der Waals surface area contributed by atoms with E-state index in [4.69, 9.17) is 5.26 Å². The Bertz CT molecular complexity index is 390. The summed E-state index contributed by atoms with van der Waals surface area (Å²) in [5, 5.41) is 8.70. The Morgan fingerprint density at radius 2 is 2.07 bits per heavy atom. The van der Waals surface area contributed by atoms with E-state index in [0.29, 0.717) is 6.42 Å². The zero-order valence-electron chi connectivity index (χ0n) is 9.03. The van der Waals surface area contributed by atoms with E-state index in [1.807, 2.05) is 6.08 Å². The molecule has 0 aliphatic rings.